The second kappa shape index (κ2) is 14.5. The van der Waals surface area contributed by atoms with Gasteiger partial charge in [-0.1, -0.05) is 110 Å². The quantitative estimate of drug-likeness (QED) is 0.228. The van der Waals surface area contributed by atoms with E-state index in [-0.39, 0.29) is 18.0 Å². The maximum Gasteiger partial charge on any atom is 0.303 e. The van der Waals surface area contributed by atoms with Crippen molar-refractivity contribution in [2.45, 2.75) is 51.7 Å². The Morgan fingerprint density at radius 2 is 1.31 bits per heavy atom. The van der Waals surface area contributed by atoms with Crippen molar-refractivity contribution in [1.82, 2.24) is 4.90 Å². The molecule has 0 atom stereocenters. The van der Waals surface area contributed by atoms with Gasteiger partial charge >= 0.3 is 5.97 Å². The van der Waals surface area contributed by atoms with Gasteiger partial charge in [0.1, 0.15) is 0 Å². The van der Waals surface area contributed by atoms with Crippen LogP contribution in [0.2, 0.25) is 0 Å². The molecule has 0 aromatic heterocycles. The summed E-state index contributed by atoms with van der Waals surface area (Å²) >= 11 is 0. The second-order valence-electron chi connectivity index (χ2n) is 11.0. The number of hydrogen-bond acceptors (Lipinski definition) is 4. The molecule has 0 saturated carbocycles. The lowest BCUT2D eigenvalue weighted by Crippen LogP contribution is -2.37. The fourth-order valence-electron chi connectivity index (χ4n) is 5.74. The van der Waals surface area contributed by atoms with Gasteiger partial charge in [-0.2, -0.15) is 0 Å². The third kappa shape index (κ3) is 7.67. The van der Waals surface area contributed by atoms with Crippen LogP contribution in [0, 0.1) is 0 Å². The largest absolute Gasteiger partial charge is 0.453 e. The standard InChI is InChI=1S/C22H26N2O.C15H14O2/c25-22-21-16-20(23-13-6-1-2-7-14-23)11-10-19(21)12-15-24(22)17-18-8-4-3-5-9-18;1-12(16)17-15(13-8-4-2-5-9-13)14-10-6-3-7-11-14/h3-5,8-11,16H,1-2,6-7,12-15,17H2;2-11,15H,1H3. The van der Waals surface area contributed by atoms with E-state index in [4.69, 9.17) is 4.74 Å². The summed E-state index contributed by atoms with van der Waals surface area (Å²) < 4.78 is 5.38. The summed E-state index contributed by atoms with van der Waals surface area (Å²) in [6.45, 7) is 5.16. The van der Waals surface area contributed by atoms with Crippen molar-refractivity contribution in [3.8, 4) is 0 Å². The van der Waals surface area contributed by atoms with E-state index in [9.17, 15) is 9.59 Å². The summed E-state index contributed by atoms with van der Waals surface area (Å²) in [5.74, 6) is -0.0931. The Labute approximate surface area is 249 Å². The first-order valence-electron chi connectivity index (χ1n) is 15.1. The Balaban J connectivity index is 0.000000181. The van der Waals surface area contributed by atoms with Gasteiger partial charge in [-0.25, -0.2) is 0 Å². The highest BCUT2D eigenvalue weighted by molar-refractivity contribution is 5.97. The number of esters is 1. The Morgan fingerprint density at radius 1 is 0.738 bits per heavy atom. The average Bonchev–Trinajstić information content (AvgIpc) is 3.33. The van der Waals surface area contributed by atoms with Gasteiger partial charge in [0.05, 0.1) is 0 Å². The van der Waals surface area contributed by atoms with E-state index < -0.39 is 0 Å². The van der Waals surface area contributed by atoms with Gasteiger partial charge in [-0.3, -0.25) is 9.59 Å². The van der Waals surface area contributed by atoms with E-state index in [2.05, 4.69) is 35.2 Å². The van der Waals surface area contributed by atoms with Crippen LogP contribution < -0.4 is 4.90 Å². The van der Waals surface area contributed by atoms with Crippen molar-refractivity contribution in [3.63, 3.8) is 0 Å². The van der Waals surface area contributed by atoms with Gasteiger partial charge in [0.25, 0.3) is 5.91 Å². The Bertz CT molecular complexity index is 1390. The number of amides is 1. The van der Waals surface area contributed by atoms with Crippen LogP contribution in [-0.2, 0) is 22.5 Å². The summed E-state index contributed by atoms with van der Waals surface area (Å²) in [4.78, 5) is 28.7. The second-order valence-corrected chi connectivity index (χ2v) is 11.0. The molecular weight excluding hydrogens is 520 g/mol. The van der Waals surface area contributed by atoms with E-state index in [1.54, 1.807) is 0 Å². The molecule has 2 aliphatic rings. The third-order valence-corrected chi connectivity index (χ3v) is 7.94. The molecule has 6 rings (SSSR count). The summed E-state index contributed by atoms with van der Waals surface area (Å²) in [6, 6.07) is 36.3. The SMILES string of the molecule is CC(=O)OC(c1ccccc1)c1ccccc1.O=C1c2cc(N3CCCCCC3)ccc2CCN1Cc1ccccc1. The van der Waals surface area contributed by atoms with Crippen molar-refractivity contribution >= 4 is 17.6 Å². The van der Waals surface area contributed by atoms with Gasteiger partial charge in [0, 0.05) is 44.4 Å². The molecule has 0 unspecified atom stereocenters. The van der Waals surface area contributed by atoms with E-state index in [0.29, 0.717) is 6.54 Å². The number of rotatable bonds is 6. The molecule has 5 nitrogen and oxygen atoms in total. The number of hydrogen-bond donors (Lipinski definition) is 0. The molecule has 0 radical (unpaired) electrons. The maximum absolute atomic E-state index is 13.0. The van der Waals surface area contributed by atoms with Crippen molar-refractivity contribution < 1.29 is 14.3 Å². The van der Waals surface area contributed by atoms with E-state index >= 15 is 0 Å². The number of carbonyl (C=O) groups is 2. The van der Waals surface area contributed by atoms with Crippen molar-refractivity contribution in [2.24, 2.45) is 0 Å². The number of ether oxygens (including phenoxy) is 1. The Kier molecular flexibility index (Phi) is 10.1. The highest BCUT2D eigenvalue weighted by Crippen LogP contribution is 2.28. The first-order valence-corrected chi connectivity index (χ1v) is 15.1. The van der Waals surface area contributed by atoms with Crippen LogP contribution in [0.25, 0.3) is 0 Å². The topological polar surface area (TPSA) is 49.9 Å². The first kappa shape index (κ1) is 29.1. The zero-order valence-electron chi connectivity index (χ0n) is 24.5. The molecule has 4 aromatic rings. The van der Waals surface area contributed by atoms with Gasteiger partial charge in [0.15, 0.2) is 6.10 Å². The van der Waals surface area contributed by atoms with E-state index in [1.165, 1.54) is 49.4 Å². The van der Waals surface area contributed by atoms with Gasteiger partial charge in [0.2, 0.25) is 0 Å². The minimum Gasteiger partial charge on any atom is -0.453 e. The summed E-state index contributed by atoms with van der Waals surface area (Å²) in [5, 5.41) is 0. The Morgan fingerprint density at radius 3 is 1.88 bits per heavy atom. The van der Waals surface area contributed by atoms with Crippen molar-refractivity contribution in [2.75, 3.05) is 24.5 Å². The highest BCUT2D eigenvalue weighted by Gasteiger charge is 2.25. The molecule has 2 heterocycles. The third-order valence-electron chi connectivity index (χ3n) is 7.94. The van der Waals surface area contributed by atoms with E-state index in [1.807, 2.05) is 83.8 Å². The normalized spacial score (nSPS) is 14.9. The lowest BCUT2D eigenvalue weighted by Gasteiger charge is -2.30. The highest BCUT2D eigenvalue weighted by atomic mass is 16.5. The van der Waals surface area contributed by atoms with E-state index in [0.717, 1.165) is 42.7 Å². The van der Waals surface area contributed by atoms with Crippen LogP contribution in [0.4, 0.5) is 5.69 Å². The van der Waals surface area contributed by atoms with Gasteiger partial charge in [-0.15, -0.1) is 0 Å². The molecule has 1 saturated heterocycles. The number of fused-ring (bicyclic) bond motifs is 1. The molecule has 4 aromatic carbocycles. The van der Waals surface area contributed by atoms with Crippen LogP contribution in [0.5, 0.6) is 0 Å². The van der Waals surface area contributed by atoms with Crippen LogP contribution >= 0.6 is 0 Å². The number of nitrogens with zero attached hydrogens (tertiary/aromatic N) is 2. The van der Waals surface area contributed by atoms with Crippen LogP contribution in [-0.4, -0.2) is 36.4 Å². The van der Waals surface area contributed by atoms with Gasteiger partial charge < -0.3 is 14.5 Å². The smallest absolute Gasteiger partial charge is 0.303 e. The summed E-state index contributed by atoms with van der Waals surface area (Å²) in [7, 11) is 0. The van der Waals surface area contributed by atoms with Crippen molar-refractivity contribution in [3.05, 3.63) is 137 Å². The van der Waals surface area contributed by atoms with Crippen LogP contribution in [0.15, 0.2) is 109 Å². The predicted molar refractivity (Wildman–Crippen MR) is 169 cm³/mol. The molecule has 2 aliphatic heterocycles. The molecule has 42 heavy (non-hydrogen) atoms. The fraction of sp³-hybridized carbons (Fsp3) is 0.297. The molecule has 0 aliphatic carbocycles. The molecule has 5 heteroatoms. The predicted octanol–water partition coefficient (Wildman–Crippen LogP) is 7.60. The summed E-state index contributed by atoms with van der Waals surface area (Å²) in [5.41, 5.74) is 6.48. The van der Waals surface area contributed by atoms with Crippen LogP contribution in [0.3, 0.4) is 0 Å². The molecule has 0 N–H and O–H groups in total. The van der Waals surface area contributed by atoms with Gasteiger partial charge in [-0.05, 0) is 53.6 Å². The zero-order valence-corrected chi connectivity index (χ0v) is 24.5. The minimum absolute atomic E-state index is 0.182. The lowest BCUT2D eigenvalue weighted by molar-refractivity contribution is -0.144. The first-order chi connectivity index (χ1) is 20.6. The molecule has 216 valence electrons. The monoisotopic (exact) mass is 560 g/mol. The molecule has 0 bridgehead atoms. The molecule has 1 amide bonds. The molecular formula is C37H40N2O3. The van der Waals surface area contributed by atoms with Crippen LogP contribution in [0.1, 0.15) is 71.3 Å². The number of anilines is 1. The Hall–Kier alpha value is -4.38. The summed E-state index contributed by atoms with van der Waals surface area (Å²) in [6.07, 6.45) is 5.79. The maximum atomic E-state index is 13.0. The zero-order chi connectivity index (χ0) is 29.1. The van der Waals surface area contributed by atoms with Crippen molar-refractivity contribution in [1.29, 1.82) is 0 Å². The fourth-order valence-corrected chi connectivity index (χ4v) is 5.74. The minimum atomic E-state index is -0.324. The molecule has 0 spiro atoms. The molecule has 1 fully saturated rings. The number of carbonyl (C=O) groups excluding carboxylic acids is 2. The number of benzene rings is 4. The lowest BCUT2D eigenvalue weighted by atomic mass is 9.97. The average molecular weight is 561 g/mol.